The van der Waals surface area contributed by atoms with Crippen LogP contribution in [0.15, 0.2) is 24.3 Å². The number of benzene rings is 1. The highest BCUT2D eigenvalue weighted by molar-refractivity contribution is 5.27. The summed E-state index contributed by atoms with van der Waals surface area (Å²) < 4.78 is 5.34. The van der Waals surface area contributed by atoms with Crippen molar-refractivity contribution >= 4 is 0 Å². The fourth-order valence-corrected chi connectivity index (χ4v) is 3.46. The van der Waals surface area contributed by atoms with Crippen molar-refractivity contribution in [1.29, 1.82) is 0 Å². The quantitative estimate of drug-likeness (QED) is 0.901. The van der Waals surface area contributed by atoms with Crippen LogP contribution in [-0.4, -0.2) is 19.8 Å². The van der Waals surface area contributed by atoms with Gasteiger partial charge in [0, 0.05) is 12.0 Å². The van der Waals surface area contributed by atoms with Gasteiger partial charge in [-0.2, -0.15) is 0 Å². The zero-order valence-corrected chi connectivity index (χ0v) is 11.7. The van der Waals surface area contributed by atoms with Gasteiger partial charge in [0.1, 0.15) is 0 Å². The fourth-order valence-electron chi connectivity index (χ4n) is 3.46. The van der Waals surface area contributed by atoms with Gasteiger partial charge < -0.3 is 10.5 Å². The third-order valence-corrected chi connectivity index (χ3v) is 4.88. The minimum absolute atomic E-state index is 0.215. The van der Waals surface area contributed by atoms with Gasteiger partial charge in [0.2, 0.25) is 0 Å². The molecule has 1 aromatic carbocycles. The van der Waals surface area contributed by atoms with Crippen LogP contribution in [0.25, 0.3) is 0 Å². The summed E-state index contributed by atoms with van der Waals surface area (Å²) in [6.45, 7) is 2.39. The number of rotatable bonds is 4. The molecule has 0 aromatic heterocycles. The van der Waals surface area contributed by atoms with Crippen LogP contribution in [0.1, 0.15) is 49.1 Å². The third kappa shape index (κ3) is 2.85. The van der Waals surface area contributed by atoms with E-state index in [4.69, 9.17) is 10.5 Å². The van der Waals surface area contributed by atoms with Crippen molar-refractivity contribution in [3.05, 3.63) is 35.4 Å². The van der Waals surface area contributed by atoms with Crippen molar-refractivity contribution in [3.63, 3.8) is 0 Å². The molecule has 0 unspecified atom stereocenters. The smallest absolute Gasteiger partial charge is 0.0560 e. The number of nitrogens with two attached hydrogens (primary N) is 1. The molecular formula is C17H25NO. The lowest BCUT2D eigenvalue weighted by Gasteiger charge is -2.40. The highest BCUT2D eigenvalue weighted by Gasteiger charge is 2.37. The van der Waals surface area contributed by atoms with E-state index in [1.165, 1.54) is 43.2 Å². The SMILES string of the molecule is NCC1(Cc2ccc(C3CCCCC3)cc2)COC1. The van der Waals surface area contributed by atoms with Gasteiger partial charge in [-0.1, -0.05) is 43.5 Å². The molecule has 104 valence electrons. The minimum atomic E-state index is 0.215. The molecule has 3 rings (SSSR count). The summed E-state index contributed by atoms with van der Waals surface area (Å²) in [4.78, 5) is 0. The van der Waals surface area contributed by atoms with Crippen molar-refractivity contribution in [3.8, 4) is 0 Å². The van der Waals surface area contributed by atoms with Gasteiger partial charge in [-0.15, -0.1) is 0 Å². The number of hydrogen-bond acceptors (Lipinski definition) is 2. The Balaban J connectivity index is 1.65. The molecule has 2 nitrogen and oxygen atoms in total. The Labute approximate surface area is 116 Å². The van der Waals surface area contributed by atoms with Crippen LogP contribution in [0.4, 0.5) is 0 Å². The predicted molar refractivity (Wildman–Crippen MR) is 78.3 cm³/mol. The monoisotopic (exact) mass is 259 g/mol. The summed E-state index contributed by atoms with van der Waals surface area (Å²) in [6.07, 6.45) is 8.04. The van der Waals surface area contributed by atoms with Crippen LogP contribution < -0.4 is 5.73 Å². The van der Waals surface area contributed by atoms with Gasteiger partial charge in [0.15, 0.2) is 0 Å². The maximum atomic E-state index is 5.88. The molecule has 2 heteroatoms. The Morgan fingerprint density at radius 2 is 1.74 bits per heavy atom. The molecule has 0 atom stereocenters. The highest BCUT2D eigenvalue weighted by atomic mass is 16.5. The van der Waals surface area contributed by atoms with Gasteiger partial charge in [-0.05, 0) is 36.3 Å². The lowest BCUT2D eigenvalue weighted by atomic mass is 9.79. The van der Waals surface area contributed by atoms with Gasteiger partial charge in [0.25, 0.3) is 0 Å². The molecule has 0 spiro atoms. The maximum Gasteiger partial charge on any atom is 0.0560 e. The Kier molecular flexibility index (Phi) is 3.90. The minimum Gasteiger partial charge on any atom is -0.380 e. The van der Waals surface area contributed by atoms with E-state index in [1.54, 1.807) is 0 Å². The Morgan fingerprint density at radius 3 is 2.26 bits per heavy atom. The summed E-state index contributed by atoms with van der Waals surface area (Å²) in [7, 11) is 0. The van der Waals surface area contributed by atoms with Crippen LogP contribution >= 0.6 is 0 Å². The fraction of sp³-hybridized carbons (Fsp3) is 0.647. The van der Waals surface area contributed by atoms with E-state index < -0.39 is 0 Å². The highest BCUT2D eigenvalue weighted by Crippen LogP contribution is 2.34. The molecule has 19 heavy (non-hydrogen) atoms. The lowest BCUT2D eigenvalue weighted by Crippen LogP contribution is -2.49. The molecule has 1 aliphatic heterocycles. The zero-order valence-electron chi connectivity index (χ0n) is 11.7. The first-order valence-corrected chi connectivity index (χ1v) is 7.68. The molecule has 0 amide bonds. The molecule has 1 aromatic rings. The molecule has 2 aliphatic rings. The van der Waals surface area contributed by atoms with Crippen LogP contribution in [0.5, 0.6) is 0 Å². The summed E-state index contributed by atoms with van der Waals surface area (Å²) in [6, 6.07) is 9.30. The van der Waals surface area contributed by atoms with E-state index in [9.17, 15) is 0 Å². The van der Waals surface area contributed by atoms with E-state index >= 15 is 0 Å². The Morgan fingerprint density at radius 1 is 1.05 bits per heavy atom. The molecule has 1 aliphatic carbocycles. The van der Waals surface area contributed by atoms with Crippen LogP contribution in [0.2, 0.25) is 0 Å². The molecule has 1 heterocycles. The van der Waals surface area contributed by atoms with Crippen LogP contribution in [0, 0.1) is 5.41 Å². The third-order valence-electron chi connectivity index (χ3n) is 4.88. The molecule has 0 radical (unpaired) electrons. The average molecular weight is 259 g/mol. The van der Waals surface area contributed by atoms with Crippen molar-refractivity contribution < 1.29 is 4.74 Å². The number of hydrogen-bond donors (Lipinski definition) is 1. The lowest BCUT2D eigenvalue weighted by molar-refractivity contribution is -0.106. The molecule has 1 saturated heterocycles. The van der Waals surface area contributed by atoms with E-state index in [0.717, 1.165) is 32.1 Å². The second kappa shape index (κ2) is 5.64. The summed E-state index contributed by atoms with van der Waals surface area (Å²) >= 11 is 0. The first-order chi connectivity index (χ1) is 9.31. The van der Waals surface area contributed by atoms with Crippen LogP contribution in [0.3, 0.4) is 0 Å². The number of ether oxygens (including phenoxy) is 1. The van der Waals surface area contributed by atoms with Crippen molar-refractivity contribution in [1.82, 2.24) is 0 Å². The molecule has 1 saturated carbocycles. The Hall–Kier alpha value is -0.860. The van der Waals surface area contributed by atoms with Crippen molar-refractivity contribution in [2.24, 2.45) is 11.1 Å². The summed E-state index contributed by atoms with van der Waals surface area (Å²) in [5.74, 6) is 0.804. The average Bonchev–Trinajstić information content (AvgIpc) is 2.45. The summed E-state index contributed by atoms with van der Waals surface area (Å²) in [5, 5.41) is 0. The van der Waals surface area contributed by atoms with Crippen LogP contribution in [-0.2, 0) is 11.2 Å². The topological polar surface area (TPSA) is 35.2 Å². The first kappa shape index (κ1) is 13.1. The first-order valence-electron chi connectivity index (χ1n) is 7.68. The van der Waals surface area contributed by atoms with Gasteiger partial charge in [-0.25, -0.2) is 0 Å². The van der Waals surface area contributed by atoms with Gasteiger partial charge >= 0.3 is 0 Å². The predicted octanol–water partition coefficient (Wildman–Crippen LogP) is 3.25. The Bertz CT molecular complexity index is 396. The van der Waals surface area contributed by atoms with Crippen molar-refractivity contribution in [2.75, 3.05) is 19.8 Å². The van der Waals surface area contributed by atoms with E-state index in [0.29, 0.717) is 0 Å². The van der Waals surface area contributed by atoms with Gasteiger partial charge in [0.05, 0.1) is 13.2 Å². The second-order valence-electron chi connectivity index (χ2n) is 6.45. The molecular weight excluding hydrogens is 234 g/mol. The van der Waals surface area contributed by atoms with E-state index in [2.05, 4.69) is 24.3 Å². The van der Waals surface area contributed by atoms with Crippen molar-refractivity contribution in [2.45, 2.75) is 44.4 Å². The standard InChI is InChI=1S/C17H25NO/c18-11-17(12-19-13-17)10-14-6-8-16(9-7-14)15-4-2-1-3-5-15/h6-9,15H,1-5,10-13,18H2. The second-order valence-corrected chi connectivity index (χ2v) is 6.45. The normalized spacial score (nSPS) is 23.0. The zero-order chi connectivity index (χ0) is 13.1. The molecule has 2 fully saturated rings. The van der Waals surface area contributed by atoms with E-state index in [-0.39, 0.29) is 5.41 Å². The molecule has 2 N–H and O–H groups in total. The summed E-state index contributed by atoms with van der Waals surface area (Å²) in [5.41, 5.74) is 9.05. The maximum absolute atomic E-state index is 5.88. The largest absolute Gasteiger partial charge is 0.380 e. The molecule has 0 bridgehead atoms. The van der Waals surface area contributed by atoms with E-state index in [1.807, 2.05) is 0 Å². The van der Waals surface area contributed by atoms with Gasteiger partial charge in [-0.3, -0.25) is 0 Å².